The summed E-state index contributed by atoms with van der Waals surface area (Å²) in [6, 6.07) is 1.42. The Balaban J connectivity index is 2.44. The summed E-state index contributed by atoms with van der Waals surface area (Å²) in [6.45, 7) is 0.501. The number of halogens is 1. The third kappa shape index (κ3) is 3.20. The van der Waals surface area contributed by atoms with Crippen LogP contribution in [0.3, 0.4) is 0 Å². The van der Waals surface area contributed by atoms with Gasteiger partial charge in [-0.05, 0) is 6.42 Å². The highest BCUT2D eigenvalue weighted by atomic mass is 35.5. The minimum Gasteiger partial charge on any atom is -0.484 e. The van der Waals surface area contributed by atoms with E-state index in [0.717, 1.165) is 6.42 Å². The number of ether oxygens (including phenoxy) is 1. The Labute approximate surface area is 84.2 Å². The Kier molecular flexibility index (Phi) is 3.98. The first-order chi connectivity index (χ1) is 6.24. The van der Waals surface area contributed by atoms with Gasteiger partial charge in [-0.15, -0.1) is 22.9 Å². The zero-order valence-electron chi connectivity index (χ0n) is 6.73. The van der Waals surface area contributed by atoms with Crippen LogP contribution in [0.2, 0.25) is 0 Å². The van der Waals surface area contributed by atoms with Gasteiger partial charge in [0.1, 0.15) is 0 Å². The number of hydrogen-bond acceptors (Lipinski definition) is 4. The summed E-state index contributed by atoms with van der Waals surface area (Å²) in [5.41, 5.74) is 0.0749. The molecule has 13 heavy (non-hydrogen) atoms. The fourth-order valence-corrected chi connectivity index (χ4v) is 1.55. The molecule has 0 unspecified atom stereocenters. The van der Waals surface area contributed by atoms with Gasteiger partial charge >= 0.3 is 0 Å². The van der Waals surface area contributed by atoms with Crippen molar-refractivity contribution in [3.8, 4) is 5.06 Å². The van der Waals surface area contributed by atoms with Crippen LogP contribution < -0.4 is 4.74 Å². The Morgan fingerprint density at radius 2 is 2.46 bits per heavy atom. The lowest BCUT2D eigenvalue weighted by atomic mass is 10.5. The van der Waals surface area contributed by atoms with E-state index in [9.17, 15) is 10.1 Å². The van der Waals surface area contributed by atoms with Gasteiger partial charge in [-0.2, -0.15) is 0 Å². The zero-order chi connectivity index (χ0) is 9.68. The maximum absolute atomic E-state index is 10.3. The largest absolute Gasteiger partial charge is 0.484 e. The summed E-state index contributed by atoms with van der Waals surface area (Å²) in [5, 5.41) is 12.3. The van der Waals surface area contributed by atoms with Gasteiger partial charge in [-0.3, -0.25) is 10.1 Å². The predicted molar refractivity (Wildman–Crippen MR) is 51.8 cm³/mol. The number of thiophene rings is 1. The van der Waals surface area contributed by atoms with Crippen LogP contribution in [-0.2, 0) is 0 Å². The number of hydrogen-bond donors (Lipinski definition) is 0. The molecule has 0 aromatic carbocycles. The molecule has 0 saturated carbocycles. The third-order valence-corrected chi connectivity index (χ3v) is 2.39. The van der Waals surface area contributed by atoms with E-state index < -0.39 is 4.92 Å². The van der Waals surface area contributed by atoms with Gasteiger partial charge in [-0.25, -0.2) is 0 Å². The van der Waals surface area contributed by atoms with Crippen molar-refractivity contribution < 1.29 is 9.66 Å². The smallest absolute Gasteiger partial charge is 0.283 e. The maximum atomic E-state index is 10.3. The molecule has 0 aliphatic rings. The van der Waals surface area contributed by atoms with Crippen molar-refractivity contribution >= 4 is 28.6 Å². The highest BCUT2D eigenvalue weighted by molar-refractivity contribution is 7.12. The monoisotopic (exact) mass is 221 g/mol. The van der Waals surface area contributed by atoms with Crippen LogP contribution in [0.5, 0.6) is 5.06 Å². The quantitative estimate of drug-likeness (QED) is 0.332. The zero-order valence-corrected chi connectivity index (χ0v) is 8.31. The highest BCUT2D eigenvalue weighted by Crippen LogP contribution is 2.28. The second kappa shape index (κ2) is 5.04. The second-order valence-corrected chi connectivity index (χ2v) is 3.52. The second-order valence-electron chi connectivity index (χ2n) is 2.27. The minimum absolute atomic E-state index is 0.0749. The van der Waals surface area contributed by atoms with Crippen molar-refractivity contribution in [2.75, 3.05) is 12.5 Å². The van der Waals surface area contributed by atoms with E-state index in [1.165, 1.54) is 22.8 Å². The van der Waals surface area contributed by atoms with Gasteiger partial charge in [0.2, 0.25) is 0 Å². The molecule has 6 heteroatoms. The van der Waals surface area contributed by atoms with Gasteiger partial charge < -0.3 is 4.74 Å². The first-order valence-electron chi connectivity index (χ1n) is 3.65. The lowest BCUT2D eigenvalue weighted by molar-refractivity contribution is -0.384. The van der Waals surface area contributed by atoms with E-state index in [1.807, 2.05) is 0 Å². The van der Waals surface area contributed by atoms with E-state index in [1.54, 1.807) is 0 Å². The molecule has 1 aromatic heterocycles. The normalized spacial score (nSPS) is 9.92. The lowest BCUT2D eigenvalue weighted by Gasteiger charge is -1.98. The number of alkyl halides is 1. The third-order valence-electron chi connectivity index (χ3n) is 1.29. The first-order valence-corrected chi connectivity index (χ1v) is 5.07. The molecule has 1 heterocycles. The Morgan fingerprint density at radius 3 is 3.00 bits per heavy atom. The van der Waals surface area contributed by atoms with Crippen molar-refractivity contribution in [2.24, 2.45) is 0 Å². The highest BCUT2D eigenvalue weighted by Gasteiger charge is 2.09. The van der Waals surface area contributed by atoms with Crippen LogP contribution >= 0.6 is 22.9 Å². The molecule has 0 fully saturated rings. The summed E-state index contributed by atoms with van der Waals surface area (Å²) >= 11 is 6.66. The van der Waals surface area contributed by atoms with Crippen LogP contribution in [0.25, 0.3) is 0 Å². The van der Waals surface area contributed by atoms with Crippen LogP contribution in [0.15, 0.2) is 11.4 Å². The number of rotatable bonds is 5. The summed E-state index contributed by atoms with van der Waals surface area (Å²) in [5.74, 6) is 0.535. The summed E-state index contributed by atoms with van der Waals surface area (Å²) in [4.78, 5) is 9.84. The molecule has 0 saturated heterocycles. The molecular formula is C7H8ClNO3S. The van der Waals surface area contributed by atoms with E-state index in [-0.39, 0.29) is 5.69 Å². The molecule has 1 rings (SSSR count). The maximum Gasteiger partial charge on any atom is 0.283 e. The Hall–Kier alpha value is -0.810. The fraction of sp³-hybridized carbons (Fsp3) is 0.429. The van der Waals surface area contributed by atoms with E-state index >= 15 is 0 Å². The molecule has 0 amide bonds. The van der Waals surface area contributed by atoms with Crippen LogP contribution in [0, 0.1) is 10.1 Å². The summed E-state index contributed by atoms with van der Waals surface area (Å²) in [6.07, 6.45) is 0.743. The van der Waals surface area contributed by atoms with Crippen molar-refractivity contribution in [2.45, 2.75) is 6.42 Å². The molecule has 0 N–H and O–H groups in total. The lowest BCUT2D eigenvalue weighted by Crippen LogP contribution is -1.95. The van der Waals surface area contributed by atoms with Crippen LogP contribution in [0.4, 0.5) is 5.69 Å². The number of nitro groups is 1. The molecule has 0 atom stereocenters. The topological polar surface area (TPSA) is 52.4 Å². The molecule has 4 nitrogen and oxygen atoms in total. The standard InChI is InChI=1S/C7H8ClNO3S/c8-2-1-3-12-7-4-6(5-13-7)9(10)11/h4-5H,1-3H2. The van der Waals surface area contributed by atoms with E-state index in [2.05, 4.69) is 0 Å². The van der Waals surface area contributed by atoms with Crippen LogP contribution in [0.1, 0.15) is 6.42 Å². The molecule has 0 bridgehead atoms. The van der Waals surface area contributed by atoms with Crippen molar-refractivity contribution in [3.05, 3.63) is 21.6 Å². The molecule has 0 radical (unpaired) electrons. The Morgan fingerprint density at radius 1 is 1.69 bits per heavy atom. The van der Waals surface area contributed by atoms with Crippen molar-refractivity contribution in [1.29, 1.82) is 0 Å². The molecule has 0 aliphatic carbocycles. The molecule has 0 aliphatic heterocycles. The summed E-state index contributed by atoms with van der Waals surface area (Å²) in [7, 11) is 0. The molecule has 0 spiro atoms. The molecule has 72 valence electrons. The van der Waals surface area contributed by atoms with Gasteiger partial charge in [-0.1, -0.05) is 0 Å². The van der Waals surface area contributed by atoms with Crippen LogP contribution in [-0.4, -0.2) is 17.4 Å². The van der Waals surface area contributed by atoms with Gasteiger partial charge in [0, 0.05) is 5.88 Å². The predicted octanol–water partition coefficient (Wildman–Crippen LogP) is 2.66. The van der Waals surface area contributed by atoms with Gasteiger partial charge in [0.15, 0.2) is 5.06 Å². The SMILES string of the molecule is O=[N+]([O-])c1csc(OCCCCl)c1. The average molecular weight is 222 g/mol. The Bertz CT molecular complexity index is 289. The van der Waals surface area contributed by atoms with E-state index in [4.69, 9.17) is 16.3 Å². The number of nitrogens with zero attached hydrogens (tertiary/aromatic N) is 1. The van der Waals surface area contributed by atoms with Gasteiger partial charge in [0.05, 0.1) is 23.0 Å². The minimum atomic E-state index is -0.440. The van der Waals surface area contributed by atoms with Gasteiger partial charge in [0.25, 0.3) is 5.69 Å². The fourth-order valence-electron chi connectivity index (χ4n) is 0.706. The van der Waals surface area contributed by atoms with Crippen molar-refractivity contribution in [3.63, 3.8) is 0 Å². The summed E-state index contributed by atoms with van der Waals surface area (Å²) < 4.78 is 5.21. The van der Waals surface area contributed by atoms with E-state index in [0.29, 0.717) is 17.6 Å². The molecule has 1 aromatic rings. The molecular weight excluding hydrogens is 214 g/mol. The van der Waals surface area contributed by atoms with Crippen molar-refractivity contribution in [1.82, 2.24) is 0 Å². The average Bonchev–Trinajstić information content (AvgIpc) is 2.53. The first kappa shape index (κ1) is 10.3.